The van der Waals surface area contributed by atoms with Gasteiger partial charge in [-0.15, -0.1) is 0 Å². The van der Waals surface area contributed by atoms with Crippen LogP contribution in [0.4, 0.5) is 15.0 Å². The number of hydrogen-bond acceptors (Lipinski definition) is 7. The van der Waals surface area contributed by atoms with Crippen LogP contribution in [0.2, 0.25) is 0 Å². The van der Waals surface area contributed by atoms with Crippen molar-refractivity contribution in [2.75, 3.05) is 38.0 Å². The third kappa shape index (κ3) is 9.25. The quantitative estimate of drug-likeness (QED) is 0.273. The van der Waals surface area contributed by atoms with E-state index in [0.717, 1.165) is 11.1 Å². The molecule has 1 aromatic carbocycles. The molecular weight excluding hydrogens is 553 g/mol. The SMILES string of the molecule is Cn1cc(-c2ccc(C(=O)NCC3CCN(CCCNC(=O)OC(C)(C)C)C3=O)c(NCCc3cccc(F)c3)n2)cn1. The lowest BCUT2D eigenvalue weighted by Gasteiger charge is -2.20. The molecule has 3 heterocycles. The molecule has 1 saturated heterocycles. The fraction of sp³-hybridized carbons (Fsp3) is 0.452. The summed E-state index contributed by atoms with van der Waals surface area (Å²) in [5.41, 5.74) is 2.07. The van der Waals surface area contributed by atoms with Gasteiger partial charge >= 0.3 is 6.09 Å². The molecule has 43 heavy (non-hydrogen) atoms. The Labute approximate surface area is 251 Å². The molecule has 1 unspecified atom stereocenters. The molecule has 0 aliphatic carbocycles. The fourth-order valence-electron chi connectivity index (χ4n) is 4.81. The lowest BCUT2D eigenvalue weighted by molar-refractivity contribution is -0.130. The summed E-state index contributed by atoms with van der Waals surface area (Å²) in [5.74, 6) is -0.587. The zero-order valence-corrected chi connectivity index (χ0v) is 25.2. The summed E-state index contributed by atoms with van der Waals surface area (Å²) >= 11 is 0. The number of carbonyl (C=O) groups is 3. The number of amides is 3. The number of aromatic nitrogens is 3. The van der Waals surface area contributed by atoms with Crippen molar-refractivity contribution in [2.45, 2.75) is 45.6 Å². The van der Waals surface area contributed by atoms with E-state index in [1.807, 2.05) is 19.3 Å². The lowest BCUT2D eigenvalue weighted by Crippen LogP contribution is -2.37. The van der Waals surface area contributed by atoms with Gasteiger partial charge in [-0.2, -0.15) is 5.10 Å². The number of alkyl carbamates (subject to hydrolysis) is 1. The highest BCUT2D eigenvalue weighted by molar-refractivity contribution is 5.99. The number of rotatable bonds is 12. The maximum absolute atomic E-state index is 13.6. The molecule has 4 rings (SSSR count). The van der Waals surface area contributed by atoms with Gasteiger partial charge in [0.05, 0.1) is 23.4 Å². The third-order valence-electron chi connectivity index (χ3n) is 6.93. The Morgan fingerprint density at radius 3 is 2.67 bits per heavy atom. The third-order valence-corrected chi connectivity index (χ3v) is 6.93. The molecule has 3 N–H and O–H groups in total. The topological polar surface area (TPSA) is 130 Å². The van der Waals surface area contributed by atoms with E-state index in [-0.39, 0.29) is 30.1 Å². The van der Waals surface area contributed by atoms with E-state index in [1.165, 1.54) is 12.1 Å². The van der Waals surface area contributed by atoms with E-state index in [2.05, 4.69) is 21.0 Å². The first-order chi connectivity index (χ1) is 20.5. The standard InChI is InChI=1S/C31H40FN7O4/c1-31(2,3)43-30(42)34-13-6-15-39-16-12-22(29(39)41)18-35-28(40)25-9-10-26(23-19-36-38(4)20-23)37-27(25)33-14-11-21-7-5-8-24(32)17-21/h5,7-10,17,19-20,22H,6,11-16,18H2,1-4H3,(H,33,37)(H,34,42)(H,35,40). The molecule has 3 amide bonds. The van der Waals surface area contributed by atoms with Crippen LogP contribution in [-0.4, -0.2) is 75.9 Å². The molecule has 0 spiro atoms. The summed E-state index contributed by atoms with van der Waals surface area (Å²) in [6.07, 6.45) is 4.83. The van der Waals surface area contributed by atoms with Crippen molar-refractivity contribution < 1.29 is 23.5 Å². The Balaban J connectivity index is 1.32. The summed E-state index contributed by atoms with van der Waals surface area (Å²) in [6, 6.07) is 9.85. The molecular formula is C31H40FN7O4. The predicted molar refractivity (Wildman–Crippen MR) is 161 cm³/mol. The van der Waals surface area contributed by atoms with Crippen LogP contribution in [-0.2, 0) is 23.0 Å². The largest absolute Gasteiger partial charge is 0.444 e. The number of benzene rings is 1. The molecule has 12 heteroatoms. The van der Waals surface area contributed by atoms with Gasteiger partial charge < -0.3 is 25.6 Å². The average Bonchev–Trinajstić information content (AvgIpc) is 3.53. The number of pyridine rings is 1. The number of likely N-dealkylation sites (tertiary alicyclic amines) is 1. The molecule has 230 valence electrons. The van der Waals surface area contributed by atoms with Gasteiger partial charge in [-0.3, -0.25) is 14.3 Å². The second kappa shape index (κ2) is 14.1. The molecule has 1 aliphatic rings. The minimum absolute atomic E-state index is 0.0175. The molecule has 0 saturated carbocycles. The number of carbonyl (C=O) groups excluding carboxylic acids is 3. The summed E-state index contributed by atoms with van der Waals surface area (Å²) in [5, 5.41) is 13.1. The summed E-state index contributed by atoms with van der Waals surface area (Å²) in [4.78, 5) is 44.5. The van der Waals surface area contributed by atoms with Gasteiger partial charge in [-0.1, -0.05) is 12.1 Å². The fourth-order valence-corrected chi connectivity index (χ4v) is 4.81. The Kier molecular flexibility index (Phi) is 10.3. The van der Waals surface area contributed by atoms with E-state index in [1.54, 1.807) is 54.7 Å². The van der Waals surface area contributed by atoms with Gasteiger partial charge in [-0.05, 0) is 69.9 Å². The van der Waals surface area contributed by atoms with Gasteiger partial charge in [0, 0.05) is 51.5 Å². The molecule has 1 fully saturated rings. The minimum Gasteiger partial charge on any atom is -0.444 e. The summed E-state index contributed by atoms with van der Waals surface area (Å²) in [6.45, 7) is 7.55. The second-order valence-electron chi connectivity index (χ2n) is 11.6. The summed E-state index contributed by atoms with van der Waals surface area (Å²) < 4.78 is 20.5. The molecule has 11 nitrogen and oxygen atoms in total. The van der Waals surface area contributed by atoms with E-state index in [9.17, 15) is 18.8 Å². The number of nitrogens with zero attached hydrogens (tertiary/aromatic N) is 4. The Morgan fingerprint density at radius 2 is 1.95 bits per heavy atom. The van der Waals surface area contributed by atoms with Crippen LogP contribution < -0.4 is 16.0 Å². The van der Waals surface area contributed by atoms with Gasteiger partial charge in [0.15, 0.2) is 0 Å². The number of nitrogens with one attached hydrogen (secondary N) is 3. The number of aryl methyl sites for hydroxylation is 1. The maximum atomic E-state index is 13.6. The van der Waals surface area contributed by atoms with Crippen molar-refractivity contribution in [3.8, 4) is 11.3 Å². The Bertz CT molecular complexity index is 1440. The smallest absolute Gasteiger partial charge is 0.407 e. The van der Waals surface area contributed by atoms with Crippen LogP contribution in [0, 0.1) is 11.7 Å². The monoisotopic (exact) mass is 593 g/mol. The first kappa shape index (κ1) is 31.5. The van der Waals surface area contributed by atoms with Crippen molar-refractivity contribution in [2.24, 2.45) is 13.0 Å². The molecule has 2 aromatic heterocycles. The van der Waals surface area contributed by atoms with Crippen LogP contribution >= 0.6 is 0 Å². The first-order valence-corrected chi connectivity index (χ1v) is 14.5. The average molecular weight is 594 g/mol. The van der Waals surface area contributed by atoms with Crippen LogP contribution in [0.3, 0.4) is 0 Å². The normalized spacial score (nSPS) is 15.0. The van der Waals surface area contributed by atoms with Gasteiger partial charge in [0.25, 0.3) is 5.91 Å². The number of ether oxygens (including phenoxy) is 1. The molecule has 1 atom stereocenters. The van der Waals surface area contributed by atoms with Crippen molar-refractivity contribution >= 4 is 23.7 Å². The molecule has 0 radical (unpaired) electrons. The van der Waals surface area contributed by atoms with Gasteiger partial charge in [0.1, 0.15) is 17.2 Å². The zero-order valence-electron chi connectivity index (χ0n) is 25.2. The lowest BCUT2D eigenvalue weighted by atomic mass is 10.1. The van der Waals surface area contributed by atoms with Crippen molar-refractivity contribution in [1.29, 1.82) is 0 Å². The van der Waals surface area contributed by atoms with Crippen LogP contribution in [0.15, 0.2) is 48.8 Å². The van der Waals surface area contributed by atoms with Crippen molar-refractivity contribution in [1.82, 2.24) is 30.3 Å². The first-order valence-electron chi connectivity index (χ1n) is 14.5. The minimum atomic E-state index is -0.566. The molecule has 0 bridgehead atoms. The Morgan fingerprint density at radius 1 is 1.14 bits per heavy atom. The van der Waals surface area contributed by atoms with Crippen LogP contribution in [0.25, 0.3) is 11.3 Å². The number of anilines is 1. The molecule has 3 aromatic rings. The van der Waals surface area contributed by atoms with Crippen molar-refractivity contribution in [3.63, 3.8) is 0 Å². The van der Waals surface area contributed by atoms with Gasteiger partial charge in [-0.25, -0.2) is 14.2 Å². The molecule has 1 aliphatic heterocycles. The van der Waals surface area contributed by atoms with Crippen LogP contribution in [0.1, 0.15) is 49.5 Å². The van der Waals surface area contributed by atoms with E-state index >= 15 is 0 Å². The highest BCUT2D eigenvalue weighted by atomic mass is 19.1. The Hall–Kier alpha value is -4.48. The number of halogens is 1. The van der Waals surface area contributed by atoms with E-state index < -0.39 is 11.7 Å². The summed E-state index contributed by atoms with van der Waals surface area (Å²) in [7, 11) is 1.82. The van der Waals surface area contributed by atoms with Gasteiger partial charge in [0.2, 0.25) is 5.91 Å². The zero-order chi connectivity index (χ0) is 31.0. The predicted octanol–water partition coefficient (Wildman–Crippen LogP) is 3.77. The number of hydrogen-bond donors (Lipinski definition) is 3. The van der Waals surface area contributed by atoms with Crippen molar-refractivity contribution in [3.05, 3.63) is 65.7 Å². The highest BCUT2D eigenvalue weighted by Crippen LogP contribution is 2.23. The van der Waals surface area contributed by atoms with E-state index in [4.69, 9.17) is 9.72 Å². The maximum Gasteiger partial charge on any atom is 0.407 e. The second-order valence-corrected chi connectivity index (χ2v) is 11.6. The highest BCUT2D eigenvalue weighted by Gasteiger charge is 2.31. The van der Waals surface area contributed by atoms with E-state index in [0.29, 0.717) is 62.5 Å². The van der Waals surface area contributed by atoms with Crippen LogP contribution in [0.5, 0.6) is 0 Å².